The van der Waals surface area contributed by atoms with E-state index in [1.54, 1.807) is 0 Å². The van der Waals surface area contributed by atoms with E-state index in [0.717, 1.165) is 6.42 Å². The molecule has 0 aliphatic heterocycles. The van der Waals surface area contributed by atoms with Crippen molar-refractivity contribution in [1.82, 2.24) is 0 Å². The van der Waals surface area contributed by atoms with Gasteiger partial charge in [0, 0.05) is 12.8 Å². The van der Waals surface area contributed by atoms with E-state index in [1.807, 2.05) is 6.92 Å². The van der Waals surface area contributed by atoms with Crippen LogP contribution in [-0.2, 0) is 14.3 Å². The second-order valence-corrected chi connectivity index (χ2v) is 3.35. The third kappa shape index (κ3) is 1.84. The molecule has 2 atom stereocenters. The number of hydrogen-bond acceptors (Lipinski definition) is 3. The zero-order valence-corrected chi connectivity index (χ0v) is 7.50. The van der Waals surface area contributed by atoms with E-state index in [0.29, 0.717) is 12.8 Å². The van der Waals surface area contributed by atoms with E-state index >= 15 is 0 Å². The molecule has 1 aliphatic carbocycles. The van der Waals surface area contributed by atoms with Crippen LogP contribution in [-0.4, -0.2) is 18.9 Å². The molecule has 1 unspecified atom stereocenters. The molecule has 0 N–H and O–H groups in total. The predicted octanol–water partition coefficient (Wildman–Crippen LogP) is 1.16. The summed E-state index contributed by atoms with van der Waals surface area (Å²) in [5.41, 5.74) is 0. The number of rotatable bonds is 2. The molecule has 68 valence electrons. The Kier molecular flexibility index (Phi) is 2.84. The van der Waals surface area contributed by atoms with Crippen LogP contribution in [0.25, 0.3) is 0 Å². The van der Waals surface area contributed by atoms with Gasteiger partial charge in [-0.2, -0.15) is 0 Å². The largest absolute Gasteiger partial charge is 0.469 e. The summed E-state index contributed by atoms with van der Waals surface area (Å²) < 4.78 is 4.61. The third-order valence-electron chi connectivity index (χ3n) is 2.56. The second kappa shape index (κ2) is 3.70. The van der Waals surface area contributed by atoms with Gasteiger partial charge in [-0.05, 0) is 12.3 Å². The fourth-order valence-electron chi connectivity index (χ4n) is 1.65. The zero-order chi connectivity index (χ0) is 9.14. The maximum atomic E-state index is 11.1. The maximum absolute atomic E-state index is 11.1. The molecule has 3 heteroatoms. The van der Waals surface area contributed by atoms with Gasteiger partial charge in [-0.15, -0.1) is 0 Å². The van der Waals surface area contributed by atoms with Gasteiger partial charge in [-0.1, -0.05) is 6.92 Å². The quantitative estimate of drug-likeness (QED) is 0.584. The first-order valence-electron chi connectivity index (χ1n) is 4.24. The molecule has 1 fully saturated rings. The second-order valence-electron chi connectivity index (χ2n) is 3.35. The summed E-state index contributed by atoms with van der Waals surface area (Å²) in [5, 5.41) is 0. The highest BCUT2D eigenvalue weighted by molar-refractivity contribution is 5.82. The average molecular weight is 170 g/mol. The van der Waals surface area contributed by atoms with E-state index in [9.17, 15) is 9.59 Å². The average Bonchev–Trinajstić information content (AvgIpc) is 2.49. The topological polar surface area (TPSA) is 43.4 Å². The summed E-state index contributed by atoms with van der Waals surface area (Å²) in [5.74, 6) is 0.164. The number of ketones is 1. The Morgan fingerprint density at radius 3 is 2.75 bits per heavy atom. The van der Waals surface area contributed by atoms with Crippen LogP contribution in [0.15, 0.2) is 0 Å². The van der Waals surface area contributed by atoms with Crippen molar-refractivity contribution in [3.8, 4) is 0 Å². The van der Waals surface area contributed by atoms with Crippen LogP contribution in [0, 0.1) is 11.8 Å². The van der Waals surface area contributed by atoms with E-state index in [4.69, 9.17) is 0 Å². The van der Waals surface area contributed by atoms with Crippen LogP contribution in [0.3, 0.4) is 0 Å². The summed E-state index contributed by atoms with van der Waals surface area (Å²) in [7, 11) is 1.38. The lowest BCUT2D eigenvalue weighted by Crippen LogP contribution is -2.20. The van der Waals surface area contributed by atoms with Crippen molar-refractivity contribution in [3.63, 3.8) is 0 Å². The Labute approximate surface area is 72.1 Å². The Morgan fingerprint density at radius 1 is 1.67 bits per heavy atom. The van der Waals surface area contributed by atoms with E-state index < -0.39 is 0 Å². The van der Waals surface area contributed by atoms with Crippen molar-refractivity contribution in [1.29, 1.82) is 0 Å². The molecule has 1 saturated carbocycles. The predicted molar refractivity (Wildman–Crippen MR) is 43.5 cm³/mol. The summed E-state index contributed by atoms with van der Waals surface area (Å²) in [6.45, 7) is 1.83. The van der Waals surface area contributed by atoms with Crippen LogP contribution in [0.4, 0.5) is 0 Å². The Morgan fingerprint density at radius 2 is 2.33 bits per heavy atom. The molecule has 0 aromatic carbocycles. The van der Waals surface area contributed by atoms with Crippen molar-refractivity contribution in [2.75, 3.05) is 7.11 Å². The van der Waals surface area contributed by atoms with Gasteiger partial charge < -0.3 is 4.74 Å². The third-order valence-corrected chi connectivity index (χ3v) is 2.56. The van der Waals surface area contributed by atoms with Crippen LogP contribution < -0.4 is 0 Å². The van der Waals surface area contributed by atoms with E-state index in [2.05, 4.69) is 4.74 Å². The minimum atomic E-state index is -0.199. The molecule has 0 amide bonds. The lowest BCUT2D eigenvalue weighted by Gasteiger charge is -2.14. The fraction of sp³-hybridized carbons (Fsp3) is 0.778. The Bertz CT molecular complexity index is 198. The van der Waals surface area contributed by atoms with Crippen molar-refractivity contribution in [3.05, 3.63) is 0 Å². The maximum Gasteiger partial charge on any atom is 0.308 e. The number of carbonyl (C=O) groups excluding carboxylic acids is 2. The number of ether oxygens (including phenoxy) is 1. The van der Waals surface area contributed by atoms with E-state index in [-0.39, 0.29) is 23.6 Å². The standard InChI is InChI=1S/C9H14O3/c1-6(9(11)12-2)7-3-4-8(10)5-7/h6-7H,3-5H2,1-2H3/t6-,7?/m0/s1. The SMILES string of the molecule is COC(=O)[C@@H](C)C1CCC(=O)C1. The van der Waals surface area contributed by atoms with Crippen molar-refractivity contribution >= 4 is 11.8 Å². The molecule has 0 bridgehead atoms. The summed E-state index contributed by atoms with van der Waals surface area (Å²) >= 11 is 0. The molecule has 0 saturated heterocycles. The number of methoxy groups -OCH3 is 1. The van der Waals surface area contributed by atoms with Crippen molar-refractivity contribution in [2.45, 2.75) is 26.2 Å². The molecular formula is C9H14O3. The Hall–Kier alpha value is -0.860. The van der Waals surface area contributed by atoms with Gasteiger partial charge in [-0.3, -0.25) is 9.59 Å². The summed E-state index contributed by atoms with van der Waals surface area (Å²) in [6, 6.07) is 0. The minimum Gasteiger partial charge on any atom is -0.469 e. The molecule has 0 aromatic rings. The van der Waals surface area contributed by atoms with Gasteiger partial charge in [0.25, 0.3) is 0 Å². The summed E-state index contributed by atoms with van der Waals surface area (Å²) in [6.07, 6.45) is 2.03. The smallest absolute Gasteiger partial charge is 0.308 e. The zero-order valence-electron chi connectivity index (χ0n) is 7.50. The number of carbonyl (C=O) groups is 2. The van der Waals surface area contributed by atoms with Crippen molar-refractivity contribution in [2.24, 2.45) is 11.8 Å². The Balaban J connectivity index is 2.48. The first kappa shape index (κ1) is 9.23. The van der Waals surface area contributed by atoms with Crippen molar-refractivity contribution < 1.29 is 14.3 Å². The molecule has 0 radical (unpaired) electrons. The monoisotopic (exact) mass is 170 g/mol. The van der Waals surface area contributed by atoms with E-state index in [1.165, 1.54) is 7.11 Å². The fourth-order valence-corrected chi connectivity index (χ4v) is 1.65. The van der Waals surface area contributed by atoms with Gasteiger partial charge in [0.05, 0.1) is 13.0 Å². The lowest BCUT2D eigenvalue weighted by molar-refractivity contribution is -0.146. The van der Waals surface area contributed by atoms with Crippen LogP contribution >= 0.6 is 0 Å². The van der Waals surface area contributed by atoms with Crippen LogP contribution in [0.2, 0.25) is 0 Å². The molecule has 12 heavy (non-hydrogen) atoms. The normalized spacial score (nSPS) is 25.5. The van der Waals surface area contributed by atoms with Gasteiger partial charge >= 0.3 is 5.97 Å². The molecule has 1 rings (SSSR count). The highest BCUT2D eigenvalue weighted by Crippen LogP contribution is 2.29. The minimum absolute atomic E-state index is 0.124. The highest BCUT2D eigenvalue weighted by Gasteiger charge is 2.31. The van der Waals surface area contributed by atoms with Crippen LogP contribution in [0.1, 0.15) is 26.2 Å². The number of Topliss-reactive ketones (excluding diaryl/α,β-unsaturated/α-hetero) is 1. The molecular weight excluding hydrogens is 156 g/mol. The summed E-state index contributed by atoms with van der Waals surface area (Å²) in [4.78, 5) is 22.0. The molecule has 1 aliphatic rings. The molecule has 3 nitrogen and oxygen atoms in total. The molecule has 0 heterocycles. The van der Waals surface area contributed by atoms with Gasteiger partial charge in [0.2, 0.25) is 0 Å². The molecule has 0 spiro atoms. The number of esters is 1. The molecule has 0 aromatic heterocycles. The lowest BCUT2D eigenvalue weighted by atomic mass is 9.93. The van der Waals surface area contributed by atoms with Gasteiger partial charge in [0.15, 0.2) is 0 Å². The first-order valence-corrected chi connectivity index (χ1v) is 4.24. The first-order chi connectivity index (χ1) is 5.65. The highest BCUT2D eigenvalue weighted by atomic mass is 16.5. The number of hydrogen-bond donors (Lipinski definition) is 0. The van der Waals surface area contributed by atoms with Gasteiger partial charge in [0.1, 0.15) is 5.78 Å². The van der Waals surface area contributed by atoms with Crippen LogP contribution in [0.5, 0.6) is 0 Å². The van der Waals surface area contributed by atoms with Gasteiger partial charge in [-0.25, -0.2) is 0 Å².